The van der Waals surface area contributed by atoms with Crippen LogP contribution < -0.4 is 21.7 Å². The van der Waals surface area contributed by atoms with E-state index in [0.29, 0.717) is 98.7 Å². The van der Waals surface area contributed by atoms with Crippen molar-refractivity contribution in [3.63, 3.8) is 0 Å². The van der Waals surface area contributed by atoms with Crippen molar-refractivity contribution in [3.05, 3.63) is 41.0 Å². The number of aliphatic hydroxyl groups excluding tert-OH is 1. The normalized spacial score (nSPS) is 16.4. The van der Waals surface area contributed by atoms with E-state index in [4.69, 9.17) is 34.2 Å². The Morgan fingerprint density at radius 3 is 1.90 bits per heavy atom. The summed E-state index contributed by atoms with van der Waals surface area (Å²) in [5.41, 5.74) is 10.4. The Bertz CT molecular complexity index is 1210. The van der Waals surface area contributed by atoms with E-state index in [9.17, 15) is 14.7 Å². The lowest BCUT2D eigenvalue weighted by Crippen LogP contribution is -2.43. The molecule has 0 spiro atoms. The van der Waals surface area contributed by atoms with Crippen LogP contribution in [0.15, 0.2) is 29.8 Å². The van der Waals surface area contributed by atoms with Crippen molar-refractivity contribution in [2.45, 2.75) is 65.8 Å². The van der Waals surface area contributed by atoms with Crippen molar-refractivity contribution in [2.24, 2.45) is 11.1 Å². The second-order valence-corrected chi connectivity index (χ2v) is 13.9. The molecule has 1 aromatic heterocycles. The minimum Gasteiger partial charge on any atom is -0.392 e. The third-order valence-corrected chi connectivity index (χ3v) is 8.86. The Balaban J connectivity index is 0.000000364. The molecule has 1 aliphatic rings. The Kier molecular flexibility index (Phi) is 22.9. The number of hydrogen-bond acceptors (Lipinski definition) is 13. The van der Waals surface area contributed by atoms with E-state index >= 15 is 0 Å². The van der Waals surface area contributed by atoms with E-state index in [2.05, 4.69) is 53.8 Å². The smallest absolute Gasteiger partial charge is 0.246 e. The van der Waals surface area contributed by atoms with Gasteiger partial charge >= 0.3 is 0 Å². The number of rotatable bonds is 24. The summed E-state index contributed by atoms with van der Waals surface area (Å²) in [6, 6.07) is 7.95. The van der Waals surface area contributed by atoms with Crippen molar-refractivity contribution in [2.75, 3.05) is 92.4 Å². The van der Waals surface area contributed by atoms with Gasteiger partial charge in [-0.2, -0.15) is 0 Å². The molecule has 0 radical (unpaired) electrons. The van der Waals surface area contributed by atoms with Gasteiger partial charge in [0.1, 0.15) is 6.61 Å². The molecule has 6 N–H and O–H groups in total. The van der Waals surface area contributed by atoms with Gasteiger partial charge in [-0.25, -0.2) is 4.98 Å². The van der Waals surface area contributed by atoms with Gasteiger partial charge in [-0.1, -0.05) is 45.0 Å². The van der Waals surface area contributed by atoms with Crippen LogP contribution in [0.4, 0.5) is 0 Å². The van der Waals surface area contributed by atoms with Gasteiger partial charge in [-0.15, -0.1) is 11.3 Å². The Hall–Kier alpha value is -2.57. The molecule has 1 fully saturated rings. The Morgan fingerprint density at radius 2 is 1.45 bits per heavy atom. The first-order valence-electron chi connectivity index (χ1n) is 17.7. The number of aryl methyl sites for hydroxylation is 1. The zero-order valence-electron chi connectivity index (χ0n) is 31.1. The van der Waals surface area contributed by atoms with Gasteiger partial charge in [0, 0.05) is 25.7 Å². The van der Waals surface area contributed by atoms with E-state index in [1.54, 1.807) is 11.3 Å². The number of hydrogen-bond donors (Lipinski definition) is 5. The highest BCUT2D eigenvalue weighted by Crippen LogP contribution is 2.27. The maximum absolute atomic E-state index is 12.0. The fraction of sp³-hybridized carbons (Fsp3) is 0.694. The molecule has 51 heavy (non-hydrogen) atoms. The lowest BCUT2D eigenvalue weighted by molar-refractivity contribution is -0.127. The molecule has 15 heteroatoms. The number of carbonyl (C=O) groups excluding carboxylic acids is 2. The molecule has 3 atom stereocenters. The van der Waals surface area contributed by atoms with Gasteiger partial charge in [0.15, 0.2) is 0 Å². The van der Waals surface area contributed by atoms with Crippen molar-refractivity contribution in [1.29, 1.82) is 0 Å². The zero-order chi connectivity index (χ0) is 37.3. The standard InChI is InChI=1S/C20H42N2O7.C16H19N3O2S/c1-18(20(2,3)4)22-19(23)17-29-16-15-28-14-13-27-12-11-26-10-9-25-8-7-24-6-5-21;1-10-15(22-9-19-10)12-4-2-11(3-5-12)7-18-16(21)14-6-13(20)8-17-14/h18H,5-17,21H2,1-4H3,(H,22,23);2-5,9,13-14,17,20H,6-8H2,1H3,(H,18,21)/t18-;13-,14?/m01/s1. The topological polar surface area (TPSA) is 185 Å². The quantitative estimate of drug-likeness (QED) is 0.0990. The molecule has 2 amide bonds. The Labute approximate surface area is 307 Å². The fourth-order valence-corrected chi connectivity index (χ4v) is 5.24. The number of nitrogens with one attached hydrogen (secondary N) is 3. The van der Waals surface area contributed by atoms with Crippen LogP contribution in [0.3, 0.4) is 0 Å². The van der Waals surface area contributed by atoms with Gasteiger partial charge in [0.2, 0.25) is 11.8 Å². The van der Waals surface area contributed by atoms with Crippen LogP contribution in [0.2, 0.25) is 0 Å². The van der Waals surface area contributed by atoms with E-state index in [-0.39, 0.29) is 35.9 Å². The molecule has 0 saturated carbocycles. The third kappa shape index (κ3) is 20.3. The van der Waals surface area contributed by atoms with Crippen LogP contribution in [0.1, 0.15) is 45.4 Å². The minimum absolute atomic E-state index is 0.0252. The van der Waals surface area contributed by atoms with E-state index in [0.717, 1.165) is 16.8 Å². The fourth-order valence-electron chi connectivity index (χ4n) is 4.43. The number of thiazole rings is 1. The van der Waals surface area contributed by atoms with Gasteiger partial charge in [-0.3, -0.25) is 9.59 Å². The van der Waals surface area contributed by atoms with Crippen LogP contribution >= 0.6 is 11.3 Å². The number of carbonyl (C=O) groups is 2. The number of amides is 2. The van der Waals surface area contributed by atoms with Gasteiger partial charge in [0.25, 0.3) is 0 Å². The maximum Gasteiger partial charge on any atom is 0.246 e. The first-order chi connectivity index (χ1) is 24.5. The molecule has 1 aliphatic heterocycles. The SMILES string of the molecule is C[C@H](NC(=O)COCCOCCOCCOCCOCCOCCN)C(C)(C)C.Cc1ncsc1-c1ccc(CNC(=O)C2C[C@@H](O)CN2)cc1. The molecular weight excluding hydrogens is 678 g/mol. The molecule has 290 valence electrons. The van der Waals surface area contributed by atoms with Crippen LogP contribution in [0, 0.1) is 12.3 Å². The molecule has 2 heterocycles. The predicted molar refractivity (Wildman–Crippen MR) is 198 cm³/mol. The first kappa shape index (κ1) is 44.6. The summed E-state index contributed by atoms with van der Waals surface area (Å²) in [4.78, 5) is 29.2. The lowest BCUT2D eigenvalue weighted by Gasteiger charge is -2.28. The van der Waals surface area contributed by atoms with Crippen LogP contribution in [0.25, 0.3) is 10.4 Å². The van der Waals surface area contributed by atoms with Crippen molar-refractivity contribution in [1.82, 2.24) is 20.9 Å². The van der Waals surface area contributed by atoms with Crippen LogP contribution in [0.5, 0.6) is 0 Å². The molecule has 14 nitrogen and oxygen atoms in total. The van der Waals surface area contributed by atoms with E-state index in [1.165, 1.54) is 4.88 Å². The molecule has 0 bridgehead atoms. The minimum atomic E-state index is -0.419. The molecule has 3 rings (SSSR count). The average Bonchev–Trinajstić information content (AvgIpc) is 3.74. The van der Waals surface area contributed by atoms with Crippen molar-refractivity contribution >= 4 is 23.2 Å². The third-order valence-electron chi connectivity index (χ3n) is 7.88. The van der Waals surface area contributed by atoms with E-state index < -0.39 is 6.10 Å². The molecule has 1 unspecified atom stereocenters. The Morgan fingerprint density at radius 1 is 0.922 bits per heavy atom. The van der Waals surface area contributed by atoms with Crippen LogP contribution in [-0.2, 0) is 44.6 Å². The number of aliphatic hydroxyl groups is 1. The largest absolute Gasteiger partial charge is 0.392 e. The summed E-state index contributed by atoms with van der Waals surface area (Å²) < 4.78 is 32.0. The van der Waals surface area contributed by atoms with Crippen molar-refractivity contribution < 1.29 is 43.1 Å². The van der Waals surface area contributed by atoms with E-state index in [1.807, 2.05) is 31.5 Å². The molecular formula is C36H61N5O9S. The highest BCUT2D eigenvalue weighted by Gasteiger charge is 2.27. The van der Waals surface area contributed by atoms with Crippen LogP contribution in [-0.4, -0.2) is 132 Å². The first-order valence-corrected chi connectivity index (χ1v) is 18.5. The highest BCUT2D eigenvalue weighted by molar-refractivity contribution is 7.13. The van der Waals surface area contributed by atoms with Crippen molar-refractivity contribution in [3.8, 4) is 10.4 Å². The number of nitrogens with zero attached hydrogens (tertiary/aromatic N) is 1. The predicted octanol–water partition coefficient (Wildman–Crippen LogP) is 2.05. The maximum atomic E-state index is 12.0. The molecule has 1 aromatic carbocycles. The number of aromatic nitrogens is 1. The zero-order valence-corrected chi connectivity index (χ0v) is 31.9. The summed E-state index contributed by atoms with van der Waals surface area (Å²) in [7, 11) is 0. The molecule has 1 saturated heterocycles. The van der Waals surface area contributed by atoms with Gasteiger partial charge < -0.3 is 55.2 Å². The summed E-state index contributed by atoms with van der Waals surface area (Å²) in [5, 5.41) is 18.3. The summed E-state index contributed by atoms with van der Waals surface area (Å²) in [6.45, 7) is 17.3. The second kappa shape index (κ2) is 26.2. The summed E-state index contributed by atoms with van der Waals surface area (Å²) in [6.07, 6.45) is 0.0628. The molecule has 2 aromatic rings. The summed E-state index contributed by atoms with van der Waals surface area (Å²) in [5.74, 6) is -0.167. The number of nitrogens with two attached hydrogens (primary N) is 1. The number of benzene rings is 1. The number of β-amino-alcohol motifs (C(OH)–C–C–N with tert-alkyl or cyclic N) is 1. The monoisotopic (exact) mass is 739 g/mol. The van der Waals surface area contributed by atoms with Gasteiger partial charge in [-0.05, 0) is 36.8 Å². The highest BCUT2D eigenvalue weighted by atomic mass is 32.1. The summed E-state index contributed by atoms with van der Waals surface area (Å²) >= 11 is 1.63. The van der Waals surface area contributed by atoms with Gasteiger partial charge in [0.05, 0.1) is 101 Å². The number of ether oxygens (including phenoxy) is 6. The second-order valence-electron chi connectivity index (χ2n) is 13.1. The lowest BCUT2D eigenvalue weighted by atomic mass is 9.88. The molecule has 0 aliphatic carbocycles. The average molecular weight is 740 g/mol.